The molecule has 0 saturated heterocycles. The van der Waals surface area contributed by atoms with E-state index in [1.165, 1.54) is 12.1 Å². The Morgan fingerprint density at radius 1 is 1.09 bits per heavy atom. The van der Waals surface area contributed by atoms with Crippen molar-refractivity contribution in [3.8, 4) is 17.2 Å². The first-order chi connectivity index (χ1) is 10.8. The van der Waals surface area contributed by atoms with Crippen LogP contribution in [0.4, 0.5) is 0 Å². The Bertz CT molecular complexity index is 1030. The van der Waals surface area contributed by atoms with Crippen LogP contribution in [0.25, 0.3) is 21.9 Å². The summed E-state index contributed by atoms with van der Waals surface area (Å²) >= 11 is 0. The van der Waals surface area contributed by atoms with Gasteiger partial charge in [-0.25, -0.2) is 4.79 Å². The fraction of sp³-hybridized carbons (Fsp3) is 0.125. The van der Waals surface area contributed by atoms with Crippen LogP contribution in [0.1, 0.15) is 15.9 Å². The highest BCUT2D eigenvalue weighted by atomic mass is 16.5. The molecule has 118 valence electrons. The predicted molar refractivity (Wildman–Crippen MR) is 81.1 cm³/mol. The molecule has 7 heteroatoms. The lowest BCUT2D eigenvalue weighted by atomic mass is 10.0. The minimum absolute atomic E-state index is 0.0247. The third-order valence-electron chi connectivity index (χ3n) is 3.53. The molecule has 0 aliphatic carbocycles. The summed E-state index contributed by atoms with van der Waals surface area (Å²) in [5.74, 6) is -2.49. The number of methoxy groups -OCH3 is 1. The molecular formula is C16H12O7. The van der Waals surface area contributed by atoms with Gasteiger partial charge in [-0.05, 0) is 30.7 Å². The standard InChI is InChI=1S/C16H12O7/c1-6-3-8(17)12-10(4-6)23-15-11(14(12)20)7(16(21)22-2)5-9(18)13(15)19/h3-5,17-19H,1-2H3. The normalized spacial score (nSPS) is 11.0. The molecule has 0 spiro atoms. The van der Waals surface area contributed by atoms with E-state index >= 15 is 0 Å². The van der Waals surface area contributed by atoms with Gasteiger partial charge in [-0.1, -0.05) is 0 Å². The van der Waals surface area contributed by atoms with Crippen molar-refractivity contribution in [2.45, 2.75) is 6.92 Å². The van der Waals surface area contributed by atoms with Crippen molar-refractivity contribution in [2.75, 3.05) is 7.11 Å². The lowest BCUT2D eigenvalue weighted by Crippen LogP contribution is -2.10. The molecule has 23 heavy (non-hydrogen) atoms. The number of aromatic hydroxyl groups is 3. The number of aryl methyl sites for hydroxylation is 1. The molecule has 2 aromatic carbocycles. The predicted octanol–water partition coefficient (Wildman–Crippen LogP) is 2.16. The number of hydrogen-bond acceptors (Lipinski definition) is 7. The highest BCUT2D eigenvalue weighted by Crippen LogP contribution is 2.38. The number of phenols is 3. The number of phenolic OH excluding ortho intramolecular Hbond substituents is 3. The summed E-state index contributed by atoms with van der Waals surface area (Å²) in [5.41, 5.74) is -0.683. The summed E-state index contributed by atoms with van der Waals surface area (Å²) < 4.78 is 10.0. The summed E-state index contributed by atoms with van der Waals surface area (Å²) in [6.45, 7) is 1.69. The number of carbonyl (C=O) groups excluding carboxylic acids is 1. The van der Waals surface area contributed by atoms with Crippen LogP contribution in [0.2, 0.25) is 0 Å². The number of esters is 1. The summed E-state index contributed by atoms with van der Waals surface area (Å²) in [5, 5.41) is 29.3. The quantitative estimate of drug-likeness (QED) is 0.358. The maximum Gasteiger partial charge on any atom is 0.338 e. The van der Waals surface area contributed by atoms with Crippen molar-refractivity contribution in [3.05, 3.63) is 39.5 Å². The zero-order valence-corrected chi connectivity index (χ0v) is 12.2. The topological polar surface area (TPSA) is 117 Å². The maximum atomic E-state index is 12.7. The van der Waals surface area contributed by atoms with Gasteiger partial charge in [0, 0.05) is 0 Å². The fourth-order valence-electron chi connectivity index (χ4n) is 2.51. The average molecular weight is 316 g/mol. The SMILES string of the molecule is COC(=O)c1cc(O)c(O)c2oc3cc(C)cc(O)c3c(=O)c12. The van der Waals surface area contributed by atoms with E-state index < -0.39 is 22.9 Å². The van der Waals surface area contributed by atoms with E-state index in [1.54, 1.807) is 6.92 Å². The van der Waals surface area contributed by atoms with Gasteiger partial charge in [-0.15, -0.1) is 0 Å². The first-order valence-corrected chi connectivity index (χ1v) is 6.58. The van der Waals surface area contributed by atoms with Crippen LogP contribution in [0, 0.1) is 6.92 Å². The number of rotatable bonds is 1. The molecule has 3 rings (SSSR count). The van der Waals surface area contributed by atoms with E-state index in [4.69, 9.17) is 4.42 Å². The highest BCUT2D eigenvalue weighted by Gasteiger charge is 2.23. The monoisotopic (exact) mass is 316 g/mol. The Kier molecular flexibility index (Phi) is 3.14. The molecule has 1 aromatic heterocycles. The molecular weight excluding hydrogens is 304 g/mol. The molecule has 0 bridgehead atoms. The zero-order valence-electron chi connectivity index (χ0n) is 12.2. The van der Waals surface area contributed by atoms with Crippen LogP contribution in [-0.4, -0.2) is 28.4 Å². The van der Waals surface area contributed by atoms with Crippen molar-refractivity contribution in [1.29, 1.82) is 0 Å². The van der Waals surface area contributed by atoms with Crippen molar-refractivity contribution < 1.29 is 29.3 Å². The number of fused-ring (bicyclic) bond motifs is 2. The van der Waals surface area contributed by atoms with Crippen molar-refractivity contribution in [3.63, 3.8) is 0 Å². The Balaban J connectivity index is 2.64. The number of hydrogen-bond donors (Lipinski definition) is 3. The number of carbonyl (C=O) groups is 1. The summed E-state index contributed by atoms with van der Waals surface area (Å²) in [4.78, 5) is 24.6. The first-order valence-electron chi connectivity index (χ1n) is 6.58. The Morgan fingerprint density at radius 2 is 1.78 bits per heavy atom. The van der Waals surface area contributed by atoms with Gasteiger partial charge in [0.2, 0.25) is 11.2 Å². The van der Waals surface area contributed by atoms with E-state index in [-0.39, 0.29) is 33.3 Å². The maximum absolute atomic E-state index is 12.7. The van der Waals surface area contributed by atoms with Crippen molar-refractivity contribution >= 4 is 27.9 Å². The Hall–Kier alpha value is -3.22. The molecule has 0 fully saturated rings. The van der Waals surface area contributed by atoms with E-state index in [2.05, 4.69) is 4.74 Å². The van der Waals surface area contributed by atoms with Crippen LogP contribution >= 0.6 is 0 Å². The Morgan fingerprint density at radius 3 is 2.43 bits per heavy atom. The van der Waals surface area contributed by atoms with Gasteiger partial charge in [0.05, 0.1) is 18.1 Å². The molecule has 1 heterocycles. The third kappa shape index (κ3) is 2.05. The van der Waals surface area contributed by atoms with Gasteiger partial charge in [0.15, 0.2) is 11.3 Å². The van der Waals surface area contributed by atoms with Gasteiger partial charge in [-0.3, -0.25) is 4.79 Å². The van der Waals surface area contributed by atoms with Crippen molar-refractivity contribution in [2.24, 2.45) is 0 Å². The molecule has 0 saturated carbocycles. The molecule has 0 atom stereocenters. The lowest BCUT2D eigenvalue weighted by molar-refractivity contribution is 0.0602. The van der Waals surface area contributed by atoms with E-state index in [0.717, 1.165) is 13.2 Å². The Labute approximate surface area is 129 Å². The van der Waals surface area contributed by atoms with E-state index in [9.17, 15) is 24.9 Å². The molecule has 0 amide bonds. The summed E-state index contributed by atoms with van der Waals surface area (Å²) in [6.07, 6.45) is 0. The van der Waals surface area contributed by atoms with Crippen LogP contribution in [0.15, 0.2) is 27.4 Å². The summed E-state index contributed by atoms with van der Waals surface area (Å²) in [7, 11) is 1.11. The molecule has 0 unspecified atom stereocenters. The molecule has 0 radical (unpaired) electrons. The minimum Gasteiger partial charge on any atom is -0.507 e. The lowest BCUT2D eigenvalue weighted by Gasteiger charge is -2.10. The van der Waals surface area contributed by atoms with Gasteiger partial charge < -0.3 is 24.5 Å². The van der Waals surface area contributed by atoms with E-state index in [1.807, 2.05) is 0 Å². The van der Waals surface area contributed by atoms with Crippen LogP contribution < -0.4 is 5.43 Å². The van der Waals surface area contributed by atoms with Gasteiger partial charge in [-0.2, -0.15) is 0 Å². The van der Waals surface area contributed by atoms with Gasteiger partial charge >= 0.3 is 5.97 Å². The smallest absolute Gasteiger partial charge is 0.338 e. The highest BCUT2D eigenvalue weighted by molar-refractivity contribution is 6.08. The second-order valence-electron chi connectivity index (χ2n) is 5.08. The van der Waals surface area contributed by atoms with Gasteiger partial charge in [0.25, 0.3) is 0 Å². The molecule has 0 aliphatic rings. The second-order valence-corrected chi connectivity index (χ2v) is 5.08. The van der Waals surface area contributed by atoms with E-state index in [0.29, 0.717) is 5.56 Å². The largest absolute Gasteiger partial charge is 0.507 e. The molecule has 0 aliphatic heterocycles. The van der Waals surface area contributed by atoms with Crippen LogP contribution in [-0.2, 0) is 4.74 Å². The minimum atomic E-state index is -0.886. The average Bonchev–Trinajstić information content (AvgIpc) is 2.49. The number of ether oxygens (including phenoxy) is 1. The van der Waals surface area contributed by atoms with Crippen LogP contribution in [0.3, 0.4) is 0 Å². The number of benzene rings is 2. The second kappa shape index (κ2) is 4.91. The van der Waals surface area contributed by atoms with Crippen molar-refractivity contribution in [1.82, 2.24) is 0 Å². The zero-order chi connectivity index (χ0) is 16.9. The third-order valence-corrected chi connectivity index (χ3v) is 3.53. The first kappa shape index (κ1) is 14.7. The van der Waals surface area contributed by atoms with Gasteiger partial charge in [0.1, 0.15) is 16.7 Å². The molecule has 3 N–H and O–H groups in total. The molecule has 7 nitrogen and oxygen atoms in total. The summed E-state index contributed by atoms with van der Waals surface area (Å²) in [6, 6.07) is 3.79. The van der Waals surface area contributed by atoms with Crippen LogP contribution in [0.5, 0.6) is 17.2 Å². The molecule has 3 aromatic rings. The fourth-order valence-corrected chi connectivity index (χ4v) is 2.51.